The molecule has 0 bridgehead atoms. The second-order valence-corrected chi connectivity index (χ2v) is 7.02. The molecule has 2 aromatic rings. The second kappa shape index (κ2) is 7.18. The summed E-state index contributed by atoms with van der Waals surface area (Å²) in [7, 11) is 0. The van der Waals surface area contributed by atoms with Gasteiger partial charge in [0, 0.05) is 16.7 Å². The molecule has 0 saturated heterocycles. The number of hydrogen-bond acceptors (Lipinski definition) is 2. The first-order chi connectivity index (χ1) is 11.2. The lowest BCUT2D eigenvalue weighted by molar-refractivity contribution is -0.118. The van der Waals surface area contributed by atoms with Gasteiger partial charge in [-0.05, 0) is 54.9 Å². The number of thioether (sulfide) groups is 1. The average molecular weight is 322 g/mol. The smallest absolute Gasteiger partial charge is 0.162 e. The number of Topliss-reactive ketones (excluding diaryl/α,β-unsaturated/α-hetero) is 1. The van der Waals surface area contributed by atoms with Gasteiger partial charge in [-0.1, -0.05) is 48.5 Å². The number of allylic oxidation sites excluding steroid dienone is 2. The maximum atomic E-state index is 12.6. The van der Waals surface area contributed by atoms with Crippen LogP contribution in [-0.4, -0.2) is 12.0 Å². The van der Waals surface area contributed by atoms with Crippen LogP contribution in [-0.2, 0) is 11.2 Å². The topological polar surface area (TPSA) is 17.1 Å². The van der Waals surface area contributed by atoms with Gasteiger partial charge in [0.05, 0.1) is 0 Å². The van der Waals surface area contributed by atoms with Crippen LogP contribution in [0.4, 0.5) is 0 Å². The third-order valence-electron chi connectivity index (χ3n) is 4.68. The number of ketones is 1. The molecule has 0 aromatic heterocycles. The van der Waals surface area contributed by atoms with Crippen LogP contribution in [0.25, 0.3) is 0 Å². The predicted molar refractivity (Wildman–Crippen MR) is 98.0 cm³/mol. The van der Waals surface area contributed by atoms with Gasteiger partial charge in [0.25, 0.3) is 0 Å². The fraction of sp³-hybridized carbons (Fsp3) is 0.286. The molecule has 0 fully saturated rings. The van der Waals surface area contributed by atoms with Crippen LogP contribution in [0.2, 0.25) is 0 Å². The van der Waals surface area contributed by atoms with Gasteiger partial charge < -0.3 is 0 Å². The molecule has 0 heterocycles. The molecule has 2 atom stereocenters. The minimum atomic E-state index is 0.0790. The van der Waals surface area contributed by atoms with Crippen LogP contribution in [0, 0.1) is 5.92 Å². The van der Waals surface area contributed by atoms with E-state index in [1.165, 1.54) is 16.0 Å². The van der Waals surface area contributed by atoms with E-state index in [-0.39, 0.29) is 11.8 Å². The van der Waals surface area contributed by atoms with E-state index in [1.807, 2.05) is 13.0 Å². The van der Waals surface area contributed by atoms with Gasteiger partial charge in [0.15, 0.2) is 5.78 Å². The van der Waals surface area contributed by atoms with Crippen LogP contribution in [0.3, 0.4) is 0 Å². The number of rotatable bonds is 5. The van der Waals surface area contributed by atoms with Crippen LogP contribution in [0.1, 0.15) is 30.4 Å². The Balaban J connectivity index is 1.77. The average Bonchev–Trinajstić information content (AvgIpc) is 2.89. The van der Waals surface area contributed by atoms with Gasteiger partial charge in [-0.15, -0.1) is 11.8 Å². The molecular formula is C21H22OS. The van der Waals surface area contributed by atoms with Crippen molar-refractivity contribution in [3.05, 3.63) is 77.4 Å². The van der Waals surface area contributed by atoms with Crippen molar-refractivity contribution in [2.45, 2.75) is 30.6 Å². The third kappa shape index (κ3) is 3.59. The van der Waals surface area contributed by atoms with Crippen molar-refractivity contribution in [1.82, 2.24) is 0 Å². The van der Waals surface area contributed by atoms with Gasteiger partial charge in [0.2, 0.25) is 0 Å². The first-order valence-corrected chi connectivity index (χ1v) is 9.32. The second-order valence-electron chi connectivity index (χ2n) is 6.14. The molecule has 3 rings (SSSR count). The zero-order valence-electron chi connectivity index (χ0n) is 13.7. The Morgan fingerprint density at radius 3 is 2.35 bits per heavy atom. The molecule has 1 nitrogen and oxygen atoms in total. The quantitative estimate of drug-likeness (QED) is 0.698. The number of hydrogen-bond donors (Lipinski definition) is 0. The fourth-order valence-corrected chi connectivity index (χ4v) is 3.76. The fourth-order valence-electron chi connectivity index (χ4n) is 3.36. The monoisotopic (exact) mass is 322 g/mol. The van der Waals surface area contributed by atoms with Crippen molar-refractivity contribution in [2.24, 2.45) is 5.92 Å². The molecule has 0 amide bonds. The lowest BCUT2D eigenvalue weighted by Gasteiger charge is -2.19. The van der Waals surface area contributed by atoms with Gasteiger partial charge in [-0.3, -0.25) is 4.79 Å². The van der Waals surface area contributed by atoms with E-state index in [4.69, 9.17) is 0 Å². The lowest BCUT2D eigenvalue weighted by Crippen LogP contribution is -2.16. The largest absolute Gasteiger partial charge is 0.294 e. The molecule has 2 aromatic carbocycles. The first-order valence-electron chi connectivity index (χ1n) is 8.09. The van der Waals surface area contributed by atoms with E-state index in [9.17, 15) is 4.79 Å². The van der Waals surface area contributed by atoms with E-state index in [0.29, 0.717) is 5.78 Å². The van der Waals surface area contributed by atoms with Gasteiger partial charge in [-0.25, -0.2) is 0 Å². The maximum absolute atomic E-state index is 12.6. The molecule has 2 heteroatoms. The number of aryl methyl sites for hydroxylation is 1. The Kier molecular flexibility index (Phi) is 5.02. The van der Waals surface area contributed by atoms with Gasteiger partial charge in [-0.2, -0.15) is 0 Å². The van der Waals surface area contributed by atoms with E-state index in [0.717, 1.165) is 18.4 Å². The molecular weight excluding hydrogens is 300 g/mol. The van der Waals surface area contributed by atoms with E-state index < -0.39 is 0 Å². The molecule has 1 aliphatic rings. The van der Waals surface area contributed by atoms with Crippen molar-refractivity contribution in [2.75, 3.05) is 6.26 Å². The summed E-state index contributed by atoms with van der Waals surface area (Å²) in [6.07, 6.45) is 6.11. The molecule has 1 aliphatic carbocycles. The first kappa shape index (κ1) is 16.1. The standard InChI is InChI=1S/C21H22OS/c1-15-14-20(17-9-11-18(23-2)12-10-17)19(21(15)22)13-8-16-6-4-3-5-7-16/h3-7,9-12,14,19-20H,8,13H2,1-2H3/t19-,20-/m1/s1. The van der Waals surface area contributed by atoms with Crippen molar-refractivity contribution in [1.29, 1.82) is 0 Å². The molecule has 0 aliphatic heterocycles. The third-order valence-corrected chi connectivity index (χ3v) is 5.42. The van der Waals surface area contributed by atoms with Crippen LogP contribution in [0.15, 0.2) is 71.1 Å². The summed E-state index contributed by atoms with van der Waals surface area (Å²) in [5, 5.41) is 0. The summed E-state index contributed by atoms with van der Waals surface area (Å²) in [5.41, 5.74) is 3.48. The number of carbonyl (C=O) groups is 1. The summed E-state index contributed by atoms with van der Waals surface area (Å²) in [5.74, 6) is 0.623. The highest BCUT2D eigenvalue weighted by atomic mass is 32.2. The minimum Gasteiger partial charge on any atom is -0.294 e. The molecule has 23 heavy (non-hydrogen) atoms. The van der Waals surface area contributed by atoms with Gasteiger partial charge >= 0.3 is 0 Å². The summed E-state index contributed by atoms with van der Waals surface area (Å²) >= 11 is 1.75. The highest BCUT2D eigenvalue weighted by molar-refractivity contribution is 7.98. The van der Waals surface area contributed by atoms with E-state index in [2.05, 4.69) is 60.9 Å². The Hall–Kier alpha value is -1.80. The highest BCUT2D eigenvalue weighted by Gasteiger charge is 2.34. The highest BCUT2D eigenvalue weighted by Crippen LogP contribution is 2.38. The maximum Gasteiger partial charge on any atom is 0.162 e. The van der Waals surface area contributed by atoms with Crippen LogP contribution in [0.5, 0.6) is 0 Å². The lowest BCUT2D eigenvalue weighted by atomic mass is 9.84. The Bertz CT molecular complexity index is 700. The van der Waals surface area contributed by atoms with Crippen LogP contribution >= 0.6 is 11.8 Å². The molecule has 118 valence electrons. The molecule has 0 N–H and O–H groups in total. The summed E-state index contributed by atoms with van der Waals surface area (Å²) in [4.78, 5) is 13.8. The Morgan fingerprint density at radius 2 is 1.70 bits per heavy atom. The number of benzene rings is 2. The summed E-state index contributed by atoms with van der Waals surface area (Å²) in [6, 6.07) is 19.1. The summed E-state index contributed by atoms with van der Waals surface area (Å²) < 4.78 is 0. The molecule has 0 unspecified atom stereocenters. The van der Waals surface area contributed by atoms with Gasteiger partial charge in [0.1, 0.15) is 0 Å². The van der Waals surface area contributed by atoms with Crippen molar-refractivity contribution >= 4 is 17.5 Å². The SMILES string of the molecule is CSc1ccc([C@H]2C=C(C)C(=O)[C@@H]2CCc2ccccc2)cc1. The molecule has 0 saturated carbocycles. The minimum absolute atomic E-state index is 0.0790. The zero-order chi connectivity index (χ0) is 16.2. The van der Waals surface area contributed by atoms with E-state index >= 15 is 0 Å². The van der Waals surface area contributed by atoms with E-state index in [1.54, 1.807) is 11.8 Å². The normalized spacial score (nSPS) is 20.6. The molecule has 0 radical (unpaired) electrons. The van der Waals surface area contributed by atoms with Crippen molar-refractivity contribution < 1.29 is 4.79 Å². The Morgan fingerprint density at radius 1 is 1.00 bits per heavy atom. The van der Waals surface area contributed by atoms with Crippen molar-refractivity contribution in [3.63, 3.8) is 0 Å². The summed E-state index contributed by atoms with van der Waals surface area (Å²) in [6.45, 7) is 1.95. The predicted octanol–water partition coefficient (Wildman–Crippen LogP) is 5.27. The zero-order valence-corrected chi connectivity index (χ0v) is 14.5. The molecule has 0 spiro atoms. The number of carbonyl (C=O) groups excluding carboxylic acids is 1. The Labute approximate surface area is 142 Å². The van der Waals surface area contributed by atoms with Crippen LogP contribution < -0.4 is 0 Å². The van der Waals surface area contributed by atoms with Crippen molar-refractivity contribution in [3.8, 4) is 0 Å².